The van der Waals surface area contributed by atoms with Gasteiger partial charge in [0.2, 0.25) is 0 Å². The monoisotopic (exact) mass is 233 g/mol. The summed E-state index contributed by atoms with van der Waals surface area (Å²) in [5, 5.41) is 0. The van der Waals surface area contributed by atoms with Gasteiger partial charge >= 0.3 is 0 Å². The van der Waals surface area contributed by atoms with E-state index in [4.69, 9.17) is 10.5 Å². The summed E-state index contributed by atoms with van der Waals surface area (Å²) in [6, 6.07) is 9.05. The fraction of sp³-hybridized carbons (Fsp3) is 0.600. The summed E-state index contributed by atoms with van der Waals surface area (Å²) in [5.41, 5.74) is 8.99. The molecule has 1 heterocycles. The molecule has 17 heavy (non-hydrogen) atoms. The van der Waals surface area contributed by atoms with E-state index in [1.807, 2.05) is 0 Å². The average molecular weight is 233 g/mol. The van der Waals surface area contributed by atoms with E-state index in [2.05, 4.69) is 38.1 Å². The van der Waals surface area contributed by atoms with Crippen LogP contribution in [0, 0.1) is 5.92 Å². The molecular weight excluding hydrogens is 210 g/mol. The highest BCUT2D eigenvalue weighted by Gasteiger charge is 2.27. The van der Waals surface area contributed by atoms with E-state index in [9.17, 15) is 0 Å². The van der Waals surface area contributed by atoms with Gasteiger partial charge in [-0.05, 0) is 37.3 Å². The number of benzene rings is 1. The largest absolute Gasteiger partial charge is 0.378 e. The summed E-state index contributed by atoms with van der Waals surface area (Å²) in [6.07, 6.45) is 3.55. The highest BCUT2D eigenvalue weighted by atomic mass is 16.5. The molecule has 0 bridgehead atoms. The van der Waals surface area contributed by atoms with Gasteiger partial charge in [-0.15, -0.1) is 0 Å². The van der Waals surface area contributed by atoms with Crippen LogP contribution in [0.25, 0.3) is 0 Å². The van der Waals surface area contributed by atoms with Crippen LogP contribution in [0.15, 0.2) is 24.3 Å². The second-order valence-electron chi connectivity index (χ2n) is 5.18. The molecule has 1 aliphatic rings. The first-order valence-corrected chi connectivity index (χ1v) is 6.64. The normalized spacial score (nSPS) is 26.1. The van der Waals surface area contributed by atoms with Crippen LogP contribution in [0.3, 0.4) is 0 Å². The Balaban J connectivity index is 1.91. The van der Waals surface area contributed by atoms with E-state index >= 15 is 0 Å². The lowest BCUT2D eigenvalue weighted by molar-refractivity contribution is 0.118. The van der Waals surface area contributed by atoms with Gasteiger partial charge in [0, 0.05) is 12.0 Å². The van der Waals surface area contributed by atoms with Crippen LogP contribution >= 0.6 is 0 Å². The Morgan fingerprint density at radius 3 is 2.47 bits per heavy atom. The molecule has 1 saturated heterocycles. The molecule has 1 aromatic carbocycles. The molecule has 1 fully saturated rings. The van der Waals surface area contributed by atoms with Crippen molar-refractivity contribution in [1.82, 2.24) is 0 Å². The van der Waals surface area contributed by atoms with E-state index < -0.39 is 0 Å². The molecule has 1 aliphatic heterocycles. The smallest absolute Gasteiger partial charge is 0.0551 e. The second-order valence-corrected chi connectivity index (χ2v) is 5.18. The molecule has 0 amide bonds. The van der Waals surface area contributed by atoms with Crippen LogP contribution in [0.1, 0.15) is 31.4 Å². The van der Waals surface area contributed by atoms with Gasteiger partial charge in [-0.3, -0.25) is 0 Å². The summed E-state index contributed by atoms with van der Waals surface area (Å²) < 4.78 is 5.58. The van der Waals surface area contributed by atoms with Crippen molar-refractivity contribution in [3.63, 3.8) is 0 Å². The third-order valence-electron chi connectivity index (χ3n) is 3.74. The van der Waals surface area contributed by atoms with Gasteiger partial charge in [-0.2, -0.15) is 0 Å². The van der Waals surface area contributed by atoms with Crippen LogP contribution in [0.5, 0.6) is 0 Å². The molecule has 3 atom stereocenters. The van der Waals surface area contributed by atoms with Crippen LogP contribution in [-0.4, -0.2) is 18.8 Å². The summed E-state index contributed by atoms with van der Waals surface area (Å²) in [4.78, 5) is 0. The lowest BCUT2D eigenvalue weighted by Crippen LogP contribution is -2.32. The standard InChI is InChI=1S/C15H23NO/c1-3-12-4-6-13(7-5-12)9-15(16)14-8-11(2)17-10-14/h4-7,11,14-15H,3,8-10,16H2,1-2H3. The Kier molecular flexibility index (Phi) is 4.19. The van der Waals surface area contributed by atoms with E-state index in [0.29, 0.717) is 12.0 Å². The molecule has 0 aliphatic carbocycles. The Labute approximate surface area is 104 Å². The van der Waals surface area contributed by atoms with Crippen LogP contribution in [-0.2, 0) is 17.6 Å². The molecule has 2 N–H and O–H groups in total. The van der Waals surface area contributed by atoms with E-state index in [-0.39, 0.29) is 6.04 Å². The zero-order chi connectivity index (χ0) is 12.3. The minimum Gasteiger partial charge on any atom is -0.378 e. The molecule has 0 saturated carbocycles. The highest BCUT2D eigenvalue weighted by Crippen LogP contribution is 2.23. The zero-order valence-corrected chi connectivity index (χ0v) is 10.9. The van der Waals surface area contributed by atoms with Crippen molar-refractivity contribution in [2.24, 2.45) is 11.7 Å². The molecule has 0 aromatic heterocycles. The van der Waals surface area contributed by atoms with Crippen molar-refractivity contribution < 1.29 is 4.74 Å². The Bertz CT molecular complexity index is 346. The van der Waals surface area contributed by atoms with Gasteiger partial charge in [0.1, 0.15) is 0 Å². The zero-order valence-electron chi connectivity index (χ0n) is 10.9. The lowest BCUT2D eigenvalue weighted by atomic mass is 9.92. The lowest BCUT2D eigenvalue weighted by Gasteiger charge is -2.17. The van der Waals surface area contributed by atoms with Crippen molar-refractivity contribution in [2.45, 2.75) is 45.3 Å². The Morgan fingerprint density at radius 2 is 1.94 bits per heavy atom. The second kappa shape index (κ2) is 5.65. The molecule has 3 unspecified atom stereocenters. The minimum absolute atomic E-state index is 0.229. The average Bonchev–Trinajstić information content (AvgIpc) is 2.77. The molecular formula is C15H23NO. The molecule has 94 valence electrons. The number of nitrogens with two attached hydrogens (primary N) is 1. The van der Waals surface area contributed by atoms with E-state index in [0.717, 1.165) is 25.9 Å². The molecule has 0 spiro atoms. The van der Waals surface area contributed by atoms with E-state index in [1.54, 1.807) is 0 Å². The molecule has 2 nitrogen and oxygen atoms in total. The molecule has 0 radical (unpaired) electrons. The fourth-order valence-corrected chi connectivity index (χ4v) is 2.50. The third kappa shape index (κ3) is 3.30. The van der Waals surface area contributed by atoms with Crippen molar-refractivity contribution in [2.75, 3.05) is 6.61 Å². The Hall–Kier alpha value is -0.860. The predicted octanol–water partition coefficient (Wildman–Crippen LogP) is 2.54. The number of hydrogen-bond donors (Lipinski definition) is 1. The topological polar surface area (TPSA) is 35.2 Å². The van der Waals surface area contributed by atoms with Crippen molar-refractivity contribution >= 4 is 0 Å². The predicted molar refractivity (Wildman–Crippen MR) is 71.0 cm³/mol. The third-order valence-corrected chi connectivity index (χ3v) is 3.74. The number of hydrogen-bond acceptors (Lipinski definition) is 2. The van der Waals surface area contributed by atoms with Crippen molar-refractivity contribution in [3.8, 4) is 0 Å². The van der Waals surface area contributed by atoms with E-state index in [1.165, 1.54) is 11.1 Å². The van der Waals surface area contributed by atoms with Crippen molar-refractivity contribution in [3.05, 3.63) is 35.4 Å². The first-order valence-electron chi connectivity index (χ1n) is 6.64. The first-order chi connectivity index (χ1) is 8.19. The summed E-state index contributed by atoms with van der Waals surface area (Å²) >= 11 is 0. The van der Waals surface area contributed by atoms with Gasteiger partial charge < -0.3 is 10.5 Å². The van der Waals surface area contributed by atoms with Crippen LogP contribution in [0.2, 0.25) is 0 Å². The fourth-order valence-electron chi connectivity index (χ4n) is 2.50. The number of rotatable bonds is 4. The van der Waals surface area contributed by atoms with Gasteiger partial charge in [0.05, 0.1) is 12.7 Å². The van der Waals surface area contributed by atoms with Crippen LogP contribution < -0.4 is 5.73 Å². The highest BCUT2D eigenvalue weighted by molar-refractivity contribution is 5.23. The summed E-state index contributed by atoms with van der Waals surface area (Å²) in [5.74, 6) is 0.524. The van der Waals surface area contributed by atoms with Gasteiger partial charge in [0.15, 0.2) is 0 Å². The van der Waals surface area contributed by atoms with Gasteiger partial charge in [0.25, 0.3) is 0 Å². The maximum atomic E-state index is 6.26. The van der Waals surface area contributed by atoms with Crippen LogP contribution in [0.4, 0.5) is 0 Å². The number of aryl methyl sites for hydroxylation is 1. The molecule has 1 aromatic rings. The van der Waals surface area contributed by atoms with Crippen molar-refractivity contribution in [1.29, 1.82) is 0 Å². The first kappa shape index (κ1) is 12.6. The summed E-state index contributed by atoms with van der Waals surface area (Å²) in [6.45, 7) is 5.14. The quantitative estimate of drug-likeness (QED) is 0.867. The maximum Gasteiger partial charge on any atom is 0.0551 e. The molecule has 2 rings (SSSR count). The maximum absolute atomic E-state index is 6.26. The minimum atomic E-state index is 0.229. The number of ether oxygens (including phenoxy) is 1. The van der Waals surface area contributed by atoms with Gasteiger partial charge in [-0.25, -0.2) is 0 Å². The SMILES string of the molecule is CCc1ccc(CC(N)C2COC(C)C2)cc1. The van der Waals surface area contributed by atoms with Gasteiger partial charge in [-0.1, -0.05) is 31.2 Å². The summed E-state index contributed by atoms with van der Waals surface area (Å²) in [7, 11) is 0. The Morgan fingerprint density at radius 1 is 1.29 bits per heavy atom. The molecule has 2 heteroatoms.